The van der Waals surface area contributed by atoms with Crippen LogP contribution < -0.4 is 10.6 Å². The second-order valence-electron chi connectivity index (χ2n) is 9.14. The van der Waals surface area contributed by atoms with E-state index in [1.165, 1.54) is 44.3 Å². The summed E-state index contributed by atoms with van der Waals surface area (Å²) in [6.07, 6.45) is 6.76. The molecule has 4 rings (SSSR count). The Morgan fingerprint density at radius 1 is 1.06 bits per heavy atom. The molecule has 0 unspecified atom stereocenters. The summed E-state index contributed by atoms with van der Waals surface area (Å²) >= 11 is 0. The summed E-state index contributed by atoms with van der Waals surface area (Å²) in [6.45, 7) is 8.94. The fraction of sp³-hybridized carbons (Fsp3) is 0.560. The third kappa shape index (κ3) is 6.34. The number of likely N-dealkylation sites (tertiary alicyclic amines) is 2. The monoisotopic (exact) mass is 424 g/mol. The van der Waals surface area contributed by atoms with Crippen LogP contribution in [0, 0.1) is 5.92 Å². The van der Waals surface area contributed by atoms with Crippen molar-refractivity contribution in [1.82, 2.24) is 20.4 Å². The van der Waals surface area contributed by atoms with E-state index < -0.39 is 0 Å². The summed E-state index contributed by atoms with van der Waals surface area (Å²) in [5, 5.41) is 6.02. The third-order valence-electron chi connectivity index (χ3n) is 6.53. The first-order chi connectivity index (χ1) is 15.2. The van der Waals surface area contributed by atoms with E-state index >= 15 is 0 Å². The number of hydrogen-bond acceptors (Lipinski definition) is 4. The molecule has 2 aliphatic heterocycles. The van der Waals surface area contributed by atoms with E-state index in [2.05, 4.69) is 51.6 Å². The van der Waals surface area contributed by atoms with Gasteiger partial charge >= 0.3 is 6.03 Å². The molecule has 31 heavy (non-hydrogen) atoms. The van der Waals surface area contributed by atoms with Gasteiger partial charge in [-0.15, -0.1) is 0 Å². The maximum absolute atomic E-state index is 12.4. The first kappa shape index (κ1) is 21.9. The molecule has 168 valence electrons. The molecule has 2 N–H and O–H groups in total. The van der Waals surface area contributed by atoms with Crippen LogP contribution in [0.15, 0.2) is 47.1 Å². The molecule has 3 heterocycles. The standard InChI is InChI=1S/C25H36N4O2/c1-20-6-4-12-28(18-20)19-22-10-8-21(9-11-22)16-26-25(30)27-17-23(24-7-5-15-31-24)29-13-2-3-14-29/h5,7-11,15,20,23H,2-4,6,12-14,16-19H2,1H3,(H2,26,27,30)/t20-,23-/m1/s1. The van der Waals surface area contributed by atoms with E-state index in [0.29, 0.717) is 13.1 Å². The molecule has 2 aromatic rings. The number of nitrogens with zero attached hydrogens (tertiary/aromatic N) is 2. The van der Waals surface area contributed by atoms with Gasteiger partial charge in [0.25, 0.3) is 0 Å². The molecule has 2 saturated heterocycles. The van der Waals surface area contributed by atoms with Gasteiger partial charge in [-0.1, -0.05) is 31.2 Å². The van der Waals surface area contributed by atoms with Crippen LogP contribution in [0.3, 0.4) is 0 Å². The average molecular weight is 425 g/mol. The van der Waals surface area contributed by atoms with E-state index in [-0.39, 0.29) is 12.1 Å². The summed E-state index contributed by atoms with van der Waals surface area (Å²) in [7, 11) is 0. The van der Waals surface area contributed by atoms with E-state index in [1.54, 1.807) is 6.26 Å². The van der Waals surface area contributed by atoms with Crippen molar-refractivity contribution in [3.05, 3.63) is 59.5 Å². The van der Waals surface area contributed by atoms with Gasteiger partial charge in [-0.2, -0.15) is 0 Å². The van der Waals surface area contributed by atoms with E-state index in [9.17, 15) is 4.79 Å². The predicted octanol–water partition coefficient (Wildman–Crippen LogP) is 4.15. The fourth-order valence-corrected chi connectivity index (χ4v) is 4.83. The number of rotatable bonds is 8. The maximum atomic E-state index is 12.4. The number of carbonyl (C=O) groups is 1. The Balaban J connectivity index is 1.22. The summed E-state index contributed by atoms with van der Waals surface area (Å²) in [5.74, 6) is 1.72. The second kappa shape index (κ2) is 10.8. The van der Waals surface area contributed by atoms with E-state index in [0.717, 1.165) is 36.9 Å². The average Bonchev–Trinajstić information content (AvgIpc) is 3.49. The Morgan fingerprint density at radius 2 is 1.84 bits per heavy atom. The minimum atomic E-state index is -0.137. The fourth-order valence-electron chi connectivity index (χ4n) is 4.83. The van der Waals surface area contributed by atoms with Crippen LogP contribution in [0.25, 0.3) is 0 Å². The van der Waals surface area contributed by atoms with Crippen molar-refractivity contribution in [3.63, 3.8) is 0 Å². The van der Waals surface area contributed by atoms with Gasteiger partial charge in [0.05, 0.1) is 12.3 Å². The molecular formula is C25H36N4O2. The molecule has 6 heteroatoms. The number of hydrogen-bond donors (Lipinski definition) is 2. The molecule has 6 nitrogen and oxygen atoms in total. The van der Waals surface area contributed by atoms with Crippen molar-refractivity contribution in [2.45, 2.75) is 51.7 Å². The number of amides is 2. The van der Waals surface area contributed by atoms with Crippen molar-refractivity contribution in [2.75, 3.05) is 32.7 Å². The molecular weight excluding hydrogens is 388 g/mol. The van der Waals surface area contributed by atoms with Crippen LogP contribution in [0.2, 0.25) is 0 Å². The largest absolute Gasteiger partial charge is 0.468 e. The number of carbonyl (C=O) groups excluding carboxylic acids is 1. The second-order valence-corrected chi connectivity index (χ2v) is 9.14. The number of furan rings is 1. The highest BCUT2D eigenvalue weighted by Crippen LogP contribution is 2.24. The van der Waals surface area contributed by atoms with E-state index in [1.807, 2.05) is 12.1 Å². The molecule has 1 aromatic carbocycles. The van der Waals surface area contributed by atoms with Crippen molar-refractivity contribution < 1.29 is 9.21 Å². The lowest BCUT2D eigenvalue weighted by atomic mass is 9.99. The SMILES string of the molecule is C[C@@H]1CCCN(Cc2ccc(CNC(=O)NC[C@H](c3ccco3)N3CCCC3)cc2)C1. The first-order valence-corrected chi connectivity index (χ1v) is 11.8. The minimum Gasteiger partial charge on any atom is -0.468 e. The van der Waals surface area contributed by atoms with Gasteiger partial charge in [0.2, 0.25) is 0 Å². The lowest BCUT2D eigenvalue weighted by molar-refractivity contribution is 0.176. The highest BCUT2D eigenvalue weighted by molar-refractivity contribution is 5.73. The van der Waals surface area contributed by atoms with Crippen molar-refractivity contribution >= 4 is 6.03 Å². The Kier molecular flexibility index (Phi) is 7.65. The molecule has 2 fully saturated rings. The predicted molar refractivity (Wildman–Crippen MR) is 123 cm³/mol. The van der Waals surface area contributed by atoms with Crippen molar-refractivity contribution in [1.29, 1.82) is 0 Å². The van der Waals surface area contributed by atoms with Gasteiger partial charge in [-0.25, -0.2) is 4.79 Å². The van der Waals surface area contributed by atoms with Crippen LogP contribution in [-0.2, 0) is 13.1 Å². The van der Waals surface area contributed by atoms with Crippen LogP contribution in [0.4, 0.5) is 4.79 Å². The smallest absolute Gasteiger partial charge is 0.315 e. The molecule has 1 aromatic heterocycles. The highest BCUT2D eigenvalue weighted by Gasteiger charge is 2.25. The maximum Gasteiger partial charge on any atom is 0.315 e. The number of urea groups is 1. The van der Waals surface area contributed by atoms with Crippen molar-refractivity contribution in [3.8, 4) is 0 Å². The topological polar surface area (TPSA) is 60.8 Å². The molecule has 2 amide bonds. The van der Waals surface area contributed by atoms with Crippen LogP contribution in [0.1, 0.15) is 55.5 Å². The van der Waals surface area contributed by atoms with E-state index in [4.69, 9.17) is 4.42 Å². The molecule has 2 aliphatic rings. The number of piperidine rings is 1. The van der Waals surface area contributed by atoms with Gasteiger partial charge < -0.3 is 15.1 Å². The van der Waals surface area contributed by atoms with Crippen molar-refractivity contribution in [2.24, 2.45) is 5.92 Å². The van der Waals surface area contributed by atoms with Gasteiger partial charge in [-0.3, -0.25) is 9.80 Å². The Morgan fingerprint density at radius 3 is 2.55 bits per heavy atom. The van der Waals surface area contributed by atoms with Crippen LogP contribution >= 0.6 is 0 Å². The lowest BCUT2D eigenvalue weighted by Gasteiger charge is -2.30. The van der Waals surface area contributed by atoms with Gasteiger partial charge in [0.1, 0.15) is 5.76 Å². The minimum absolute atomic E-state index is 0.0973. The quantitative estimate of drug-likeness (QED) is 0.668. The number of nitrogens with one attached hydrogen (secondary N) is 2. The molecule has 0 spiro atoms. The molecule has 0 saturated carbocycles. The Hall–Kier alpha value is -2.31. The third-order valence-corrected chi connectivity index (χ3v) is 6.53. The molecule has 0 aliphatic carbocycles. The lowest BCUT2D eigenvalue weighted by Crippen LogP contribution is -2.41. The Bertz CT molecular complexity index is 799. The normalized spacial score (nSPS) is 21.1. The summed E-state index contributed by atoms with van der Waals surface area (Å²) in [5.41, 5.74) is 2.46. The zero-order chi connectivity index (χ0) is 21.5. The zero-order valence-corrected chi connectivity index (χ0v) is 18.7. The number of benzene rings is 1. The first-order valence-electron chi connectivity index (χ1n) is 11.8. The summed E-state index contributed by atoms with van der Waals surface area (Å²) in [6, 6.07) is 12.5. The zero-order valence-electron chi connectivity index (χ0n) is 18.7. The van der Waals surface area contributed by atoms with Gasteiger partial charge in [0, 0.05) is 26.2 Å². The Labute approximate surface area is 186 Å². The highest BCUT2D eigenvalue weighted by atomic mass is 16.3. The summed E-state index contributed by atoms with van der Waals surface area (Å²) < 4.78 is 5.62. The van der Waals surface area contributed by atoms with Crippen LogP contribution in [0.5, 0.6) is 0 Å². The summed E-state index contributed by atoms with van der Waals surface area (Å²) in [4.78, 5) is 17.3. The van der Waals surface area contributed by atoms with Crippen LogP contribution in [-0.4, -0.2) is 48.6 Å². The molecule has 0 radical (unpaired) electrons. The molecule has 2 atom stereocenters. The molecule has 0 bridgehead atoms. The van der Waals surface area contributed by atoms with Gasteiger partial charge in [-0.05, 0) is 74.5 Å². The van der Waals surface area contributed by atoms with Gasteiger partial charge in [0.15, 0.2) is 0 Å².